The highest BCUT2D eigenvalue weighted by molar-refractivity contribution is 9.09. The molecule has 2 rings (SSSR count). The van der Waals surface area contributed by atoms with Crippen molar-refractivity contribution in [1.29, 1.82) is 0 Å². The van der Waals surface area contributed by atoms with Gasteiger partial charge in [0.05, 0.1) is 11.8 Å². The quantitative estimate of drug-likeness (QED) is 0.579. The molecule has 1 atom stereocenters. The highest BCUT2D eigenvalue weighted by Crippen LogP contribution is 2.40. The van der Waals surface area contributed by atoms with Gasteiger partial charge >= 0.3 is 0 Å². The van der Waals surface area contributed by atoms with E-state index in [-0.39, 0.29) is 23.7 Å². The van der Waals surface area contributed by atoms with E-state index < -0.39 is 5.41 Å². The fourth-order valence-electron chi connectivity index (χ4n) is 1.81. The second-order valence-corrected chi connectivity index (χ2v) is 7.46. The molecule has 0 spiro atoms. The van der Waals surface area contributed by atoms with E-state index >= 15 is 0 Å². The lowest BCUT2D eigenvalue weighted by molar-refractivity contribution is -0.145. The summed E-state index contributed by atoms with van der Waals surface area (Å²) < 4.78 is 5.67. The average molecular weight is 348 g/mol. The number of hydrogen-bond donors (Lipinski definition) is 0. The van der Waals surface area contributed by atoms with Crippen LogP contribution >= 0.6 is 27.7 Å². The Kier molecular flexibility index (Phi) is 4.30. The molecule has 0 aromatic heterocycles. The molecule has 1 fully saturated rings. The Morgan fingerprint density at radius 3 is 2.74 bits per heavy atom. The number of Topliss-reactive ketones (excluding diaryl/α,β-unsaturated/α-hetero) is 1. The fraction of sp³-hybridized carbons (Fsp3) is 0.692. The van der Waals surface area contributed by atoms with Gasteiger partial charge in [0, 0.05) is 22.1 Å². The molecule has 0 aromatic carbocycles. The van der Waals surface area contributed by atoms with Gasteiger partial charge in [-0.25, -0.2) is 0 Å². The van der Waals surface area contributed by atoms with Crippen molar-refractivity contribution in [2.75, 3.05) is 17.7 Å². The number of hydrogen-bond acceptors (Lipinski definition) is 4. The first kappa shape index (κ1) is 14.9. The minimum atomic E-state index is -0.420. The predicted molar refractivity (Wildman–Crippen MR) is 78.9 cm³/mol. The summed E-state index contributed by atoms with van der Waals surface area (Å²) in [5, 5.41) is 0.852. The van der Waals surface area contributed by atoms with Gasteiger partial charge in [-0.15, -0.1) is 11.8 Å². The van der Waals surface area contributed by atoms with Gasteiger partial charge in [0.25, 0.3) is 0 Å². The second kappa shape index (κ2) is 5.48. The normalized spacial score (nSPS) is 23.1. The van der Waals surface area contributed by atoms with Gasteiger partial charge in [-0.1, -0.05) is 36.7 Å². The third kappa shape index (κ3) is 2.99. The van der Waals surface area contributed by atoms with Gasteiger partial charge in [0.2, 0.25) is 5.91 Å². The molecule has 0 radical (unpaired) electrons. The SMILES string of the molecule is CC(C)(C)C(=O)COC1=C(CBr)CS[C@@H]2CC(=O)N12. The second-order valence-electron chi connectivity index (χ2n) is 5.74. The number of alkyl halides is 1. The minimum absolute atomic E-state index is 0.0243. The molecule has 19 heavy (non-hydrogen) atoms. The molecule has 1 amide bonds. The first-order valence-electron chi connectivity index (χ1n) is 6.22. The van der Waals surface area contributed by atoms with Gasteiger partial charge in [-0.3, -0.25) is 14.5 Å². The molecule has 106 valence electrons. The Morgan fingerprint density at radius 1 is 1.53 bits per heavy atom. The highest BCUT2D eigenvalue weighted by Gasteiger charge is 2.44. The van der Waals surface area contributed by atoms with E-state index in [0.29, 0.717) is 17.6 Å². The number of nitrogens with zero attached hydrogens (tertiary/aromatic N) is 1. The zero-order chi connectivity index (χ0) is 14.2. The summed E-state index contributed by atoms with van der Waals surface area (Å²) in [5.74, 6) is 1.55. The highest BCUT2D eigenvalue weighted by atomic mass is 79.9. The third-order valence-electron chi connectivity index (χ3n) is 3.21. The first-order chi connectivity index (χ1) is 8.84. The summed E-state index contributed by atoms with van der Waals surface area (Å²) in [6, 6.07) is 0. The molecule has 4 nitrogen and oxygen atoms in total. The van der Waals surface area contributed by atoms with Crippen LogP contribution in [0.1, 0.15) is 27.2 Å². The van der Waals surface area contributed by atoms with E-state index in [0.717, 1.165) is 11.3 Å². The molecule has 0 aromatic rings. The van der Waals surface area contributed by atoms with Crippen molar-refractivity contribution in [3.63, 3.8) is 0 Å². The van der Waals surface area contributed by atoms with Crippen LogP contribution in [-0.2, 0) is 14.3 Å². The molecular weight excluding hydrogens is 330 g/mol. The maximum absolute atomic E-state index is 11.9. The predicted octanol–water partition coefficient (Wildman–Crippen LogP) is 2.53. The molecule has 0 N–H and O–H groups in total. The lowest BCUT2D eigenvalue weighted by atomic mass is 9.91. The van der Waals surface area contributed by atoms with Crippen molar-refractivity contribution in [3.05, 3.63) is 11.5 Å². The van der Waals surface area contributed by atoms with E-state index in [9.17, 15) is 9.59 Å². The Bertz CT molecular complexity index is 442. The lowest BCUT2D eigenvalue weighted by Crippen LogP contribution is -2.53. The van der Waals surface area contributed by atoms with Crippen molar-refractivity contribution in [2.24, 2.45) is 5.41 Å². The summed E-state index contributed by atoms with van der Waals surface area (Å²) in [4.78, 5) is 25.3. The molecule has 0 saturated carbocycles. The van der Waals surface area contributed by atoms with Crippen LogP contribution < -0.4 is 0 Å². The van der Waals surface area contributed by atoms with Gasteiger partial charge in [-0.05, 0) is 0 Å². The summed E-state index contributed by atoms with van der Waals surface area (Å²) in [6.45, 7) is 5.63. The van der Waals surface area contributed by atoms with Crippen molar-refractivity contribution < 1.29 is 14.3 Å². The van der Waals surface area contributed by atoms with E-state index in [1.165, 1.54) is 0 Å². The number of amides is 1. The smallest absolute Gasteiger partial charge is 0.233 e. The van der Waals surface area contributed by atoms with E-state index in [2.05, 4.69) is 15.9 Å². The molecule has 1 saturated heterocycles. The number of fused-ring (bicyclic) bond motifs is 1. The van der Waals surface area contributed by atoms with Gasteiger partial charge in [0.1, 0.15) is 6.61 Å². The molecule has 0 unspecified atom stereocenters. The summed E-state index contributed by atoms with van der Waals surface area (Å²) in [6.07, 6.45) is 0.570. The van der Waals surface area contributed by atoms with Crippen LogP contribution in [0.3, 0.4) is 0 Å². The van der Waals surface area contributed by atoms with Crippen molar-refractivity contribution >= 4 is 39.4 Å². The fourth-order valence-corrected chi connectivity index (χ4v) is 3.75. The van der Waals surface area contributed by atoms with Gasteiger partial charge in [0.15, 0.2) is 11.7 Å². The summed E-state index contributed by atoms with van der Waals surface area (Å²) in [7, 11) is 0. The third-order valence-corrected chi connectivity index (χ3v) is 5.17. The maximum atomic E-state index is 11.9. The zero-order valence-electron chi connectivity index (χ0n) is 11.4. The number of carbonyl (C=O) groups is 2. The Balaban J connectivity index is 2.09. The van der Waals surface area contributed by atoms with E-state index in [1.807, 2.05) is 20.8 Å². The van der Waals surface area contributed by atoms with Crippen LogP contribution in [-0.4, -0.2) is 39.7 Å². The number of β-lactam (4-membered cyclic amide) rings is 1. The number of rotatable bonds is 4. The van der Waals surface area contributed by atoms with Crippen LogP contribution in [0.4, 0.5) is 0 Å². The van der Waals surface area contributed by atoms with E-state index in [4.69, 9.17) is 4.74 Å². The average Bonchev–Trinajstić information content (AvgIpc) is 2.32. The molecule has 2 aliphatic rings. The first-order valence-corrected chi connectivity index (χ1v) is 8.39. The molecule has 0 aliphatic carbocycles. The van der Waals surface area contributed by atoms with Crippen molar-refractivity contribution in [3.8, 4) is 0 Å². The van der Waals surface area contributed by atoms with Crippen LogP contribution in [0.25, 0.3) is 0 Å². The molecule has 2 heterocycles. The van der Waals surface area contributed by atoms with E-state index in [1.54, 1.807) is 16.7 Å². The summed E-state index contributed by atoms with van der Waals surface area (Å²) in [5.41, 5.74) is 0.618. The van der Waals surface area contributed by atoms with Gasteiger partial charge in [-0.2, -0.15) is 0 Å². The Hall–Kier alpha value is -0.490. The number of ketones is 1. The van der Waals surface area contributed by atoms with Crippen LogP contribution in [0, 0.1) is 5.41 Å². The minimum Gasteiger partial charge on any atom is -0.471 e. The maximum Gasteiger partial charge on any atom is 0.233 e. The standard InChI is InChI=1S/C13H18BrNO3S/c1-13(2,3)9(16)6-18-12-8(5-14)7-19-11-4-10(17)15(11)12/h11H,4-7H2,1-3H3/t11-/m1/s1. The topological polar surface area (TPSA) is 46.6 Å². The number of ether oxygens (including phenoxy) is 1. The van der Waals surface area contributed by atoms with Crippen LogP contribution in [0.2, 0.25) is 0 Å². The summed E-state index contributed by atoms with van der Waals surface area (Å²) >= 11 is 5.16. The number of halogens is 1. The van der Waals surface area contributed by atoms with Crippen LogP contribution in [0.15, 0.2) is 11.5 Å². The molecule has 0 bridgehead atoms. The molecule has 6 heteroatoms. The number of thioether (sulfide) groups is 1. The zero-order valence-corrected chi connectivity index (χ0v) is 13.8. The van der Waals surface area contributed by atoms with Crippen molar-refractivity contribution in [1.82, 2.24) is 4.90 Å². The lowest BCUT2D eigenvalue weighted by Gasteiger charge is -2.44. The Morgan fingerprint density at radius 2 is 2.21 bits per heavy atom. The molecular formula is C13H18BrNO3S. The monoisotopic (exact) mass is 347 g/mol. The van der Waals surface area contributed by atoms with Gasteiger partial charge < -0.3 is 4.74 Å². The molecule has 2 aliphatic heterocycles. The van der Waals surface area contributed by atoms with Crippen molar-refractivity contribution in [2.45, 2.75) is 32.6 Å². The Labute approximate surface area is 126 Å². The largest absolute Gasteiger partial charge is 0.471 e. The number of carbonyl (C=O) groups excluding carboxylic acids is 2. The van der Waals surface area contributed by atoms with Crippen LogP contribution in [0.5, 0.6) is 0 Å².